The average Bonchev–Trinajstić information content (AvgIpc) is 2.64. The summed E-state index contributed by atoms with van der Waals surface area (Å²) < 4.78 is 7.05. The van der Waals surface area contributed by atoms with Gasteiger partial charge in [-0.05, 0) is 25.5 Å². The summed E-state index contributed by atoms with van der Waals surface area (Å²) in [7, 11) is 1.75. The molecule has 0 saturated carbocycles. The Balaban J connectivity index is 1.90. The molecule has 1 saturated heterocycles. The topological polar surface area (TPSA) is 42.7 Å². The van der Waals surface area contributed by atoms with E-state index in [1.54, 1.807) is 7.11 Å². The zero-order valence-corrected chi connectivity index (χ0v) is 10.1. The number of methoxy groups -OCH3 is 1. The molecule has 3 rings (SSSR count). The molecule has 5 heteroatoms. The van der Waals surface area contributed by atoms with Crippen molar-refractivity contribution in [3.05, 3.63) is 24.2 Å². The molecule has 17 heavy (non-hydrogen) atoms. The molecule has 0 aliphatic carbocycles. The van der Waals surface area contributed by atoms with Gasteiger partial charge in [0.15, 0.2) is 5.65 Å². The van der Waals surface area contributed by atoms with E-state index in [1.807, 2.05) is 23.7 Å². The molecule has 0 aromatic carbocycles. The van der Waals surface area contributed by atoms with Gasteiger partial charge < -0.3 is 9.64 Å². The van der Waals surface area contributed by atoms with Gasteiger partial charge in [0, 0.05) is 13.7 Å². The van der Waals surface area contributed by atoms with E-state index in [4.69, 9.17) is 4.74 Å². The van der Waals surface area contributed by atoms with Crippen molar-refractivity contribution in [2.45, 2.75) is 19.4 Å². The second-order valence-corrected chi connectivity index (χ2v) is 4.44. The zero-order valence-electron chi connectivity index (χ0n) is 10.1. The minimum atomic E-state index is 0.502. The highest BCUT2D eigenvalue weighted by Gasteiger charge is 2.28. The first-order valence-electron chi connectivity index (χ1n) is 5.86. The zero-order chi connectivity index (χ0) is 11.8. The molecule has 5 nitrogen and oxygen atoms in total. The number of ether oxygens (including phenoxy) is 1. The Morgan fingerprint density at radius 1 is 1.47 bits per heavy atom. The van der Waals surface area contributed by atoms with E-state index in [2.05, 4.69) is 21.0 Å². The van der Waals surface area contributed by atoms with Crippen molar-refractivity contribution in [1.29, 1.82) is 0 Å². The molecule has 2 aromatic rings. The molecule has 1 atom stereocenters. The highest BCUT2D eigenvalue weighted by molar-refractivity contribution is 5.53. The Morgan fingerprint density at radius 2 is 2.35 bits per heavy atom. The Kier molecular flexibility index (Phi) is 2.48. The Morgan fingerprint density at radius 3 is 3.06 bits per heavy atom. The third kappa shape index (κ3) is 1.76. The van der Waals surface area contributed by atoms with Crippen LogP contribution in [0.5, 0.6) is 0 Å². The number of rotatable bonds is 3. The van der Waals surface area contributed by atoms with Crippen molar-refractivity contribution in [2.24, 2.45) is 0 Å². The predicted molar refractivity (Wildman–Crippen MR) is 65.4 cm³/mol. The molecule has 1 aliphatic rings. The van der Waals surface area contributed by atoms with E-state index >= 15 is 0 Å². The van der Waals surface area contributed by atoms with E-state index in [1.165, 1.54) is 12.1 Å². The Bertz CT molecular complexity index is 536. The molecule has 1 unspecified atom stereocenters. The van der Waals surface area contributed by atoms with Crippen molar-refractivity contribution >= 4 is 11.3 Å². The minimum Gasteiger partial charge on any atom is -0.383 e. The van der Waals surface area contributed by atoms with E-state index in [9.17, 15) is 0 Å². The fourth-order valence-corrected chi connectivity index (χ4v) is 2.30. The normalized spacial score (nSPS) is 19.6. The first-order chi connectivity index (χ1) is 8.28. The highest BCUT2D eigenvalue weighted by atomic mass is 16.5. The molecular weight excluding hydrogens is 216 g/mol. The van der Waals surface area contributed by atoms with E-state index in [0.717, 1.165) is 24.6 Å². The van der Waals surface area contributed by atoms with E-state index in [0.29, 0.717) is 6.04 Å². The van der Waals surface area contributed by atoms with Gasteiger partial charge in [0.25, 0.3) is 0 Å². The number of pyridine rings is 1. The molecule has 0 N–H and O–H groups in total. The minimum absolute atomic E-state index is 0.502. The van der Waals surface area contributed by atoms with Crippen LogP contribution in [0.2, 0.25) is 0 Å². The van der Waals surface area contributed by atoms with Crippen molar-refractivity contribution in [3.8, 4) is 0 Å². The fraction of sp³-hybridized carbons (Fsp3) is 0.500. The fourth-order valence-electron chi connectivity index (χ4n) is 2.30. The van der Waals surface area contributed by atoms with Crippen LogP contribution in [-0.2, 0) is 4.74 Å². The highest BCUT2D eigenvalue weighted by Crippen LogP contribution is 2.26. The third-order valence-electron chi connectivity index (χ3n) is 3.26. The molecule has 1 fully saturated rings. The van der Waals surface area contributed by atoms with Crippen LogP contribution in [0, 0.1) is 6.92 Å². The van der Waals surface area contributed by atoms with Gasteiger partial charge in [0.05, 0.1) is 24.5 Å². The van der Waals surface area contributed by atoms with Gasteiger partial charge in [-0.1, -0.05) is 0 Å². The van der Waals surface area contributed by atoms with Gasteiger partial charge in [-0.2, -0.15) is 5.10 Å². The summed E-state index contributed by atoms with van der Waals surface area (Å²) >= 11 is 0. The molecule has 0 amide bonds. The summed E-state index contributed by atoms with van der Waals surface area (Å²) in [6.45, 7) is 3.78. The van der Waals surface area contributed by atoms with Crippen molar-refractivity contribution in [3.63, 3.8) is 0 Å². The van der Waals surface area contributed by atoms with Crippen molar-refractivity contribution in [1.82, 2.24) is 14.6 Å². The van der Waals surface area contributed by atoms with Gasteiger partial charge in [0.2, 0.25) is 0 Å². The van der Waals surface area contributed by atoms with Gasteiger partial charge in [-0.15, -0.1) is 0 Å². The van der Waals surface area contributed by atoms with E-state index in [-0.39, 0.29) is 0 Å². The molecule has 0 bridgehead atoms. The largest absolute Gasteiger partial charge is 0.383 e. The first kappa shape index (κ1) is 10.5. The quantitative estimate of drug-likeness (QED) is 0.799. The number of hydrogen-bond acceptors (Lipinski definition) is 4. The van der Waals surface area contributed by atoms with Crippen LogP contribution in [0.25, 0.3) is 5.65 Å². The van der Waals surface area contributed by atoms with Crippen LogP contribution < -0.4 is 4.90 Å². The number of nitrogens with zero attached hydrogens (tertiary/aromatic N) is 4. The monoisotopic (exact) mass is 232 g/mol. The SMILES string of the molecule is COCC1CCN1c1ccc2nc(C)nn2c1. The second kappa shape index (κ2) is 4.00. The van der Waals surface area contributed by atoms with Crippen LogP contribution in [0.1, 0.15) is 12.2 Å². The predicted octanol–water partition coefficient (Wildman–Crippen LogP) is 1.26. The maximum absolute atomic E-state index is 5.21. The maximum atomic E-state index is 5.21. The summed E-state index contributed by atoms with van der Waals surface area (Å²) in [4.78, 5) is 6.67. The standard InChI is InChI=1S/C12H16N4O/c1-9-13-12-4-3-10(7-16(12)14-9)15-6-5-11(15)8-17-2/h3-4,7,11H,5-6,8H2,1-2H3. The molecule has 2 aromatic heterocycles. The number of fused-ring (bicyclic) bond motifs is 1. The summed E-state index contributed by atoms with van der Waals surface area (Å²) in [6, 6.07) is 4.62. The molecule has 0 radical (unpaired) electrons. The number of aromatic nitrogens is 3. The van der Waals surface area contributed by atoms with Crippen LogP contribution in [0.15, 0.2) is 18.3 Å². The summed E-state index contributed by atoms with van der Waals surface area (Å²) in [6.07, 6.45) is 3.24. The lowest BCUT2D eigenvalue weighted by Crippen LogP contribution is -2.50. The Labute approximate surface area is 100 Å². The summed E-state index contributed by atoms with van der Waals surface area (Å²) in [5, 5.41) is 4.33. The lowest BCUT2D eigenvalue weighted by atomic mass is 10.0. The molecule has 0 spiro atoms. The number of anilines is 1. The number of aryl methyl sites for hydroxylation is 1. The number of hydrogen-bond donors (Lipinski definition) is 0. The second-order valence-electron chi connectivity index (χ2n) is 4.44. The average molecular weight is 232 g/mol. The molecule has 3 heterocycles. The summed E-state index contributed by atoms with van der Waals surface area (Å²) in [5.41, 5.74) is 2.09. The van der Waals surface area contributed by atoms with Crippen LogP contribution in [0.3, 0.4) is 0 Å². The molecule has 1 aliphatic heterocycles. The van der Waals surface area contributed by atoms with Gasteiger partial charge in [-0.25, -0.2) is 9.50 Å². The Hall–Kier alpha value is -1.62. The van der Waals surface area contributed by atoms with Crippen molar-refractivity contribution in [2.75, 3.05) is 25.2 Å². The smallest absolute Gasteiger partial charge is 0.155 e. The lowest BCUT2D eigenvalue weighted by Gasteiger charge is -2.42. The summed E-state index contributed by atoms with van der Waals surface area (Å²) in [5.74, 6) is 0.805. The van der Waals surface area contributed by atoms with Crippen LogP contribution >= 0.6 is 0 Å². The van der Waals surface area contributed by atoms with E-state index < -0.39 is 0 Å². The van der Waals surface area contributed by atoms with Crippen LogP contribution in [0.4, 0.5) is 5.69 Å². The van der Waals surface area contributed by atoms with Crippen LogP contribution in [-0.4, -0.2) is 40.9 Å². The third-order valence-corrected chi connectivity index (χ3v) is 3.26. The first-order valence-corrected chi connectivity index (χ1v) is 5.86. The maximum Gasteiger partial charge on any atom is 0.155 e. The van der Waals surface area contributed by atoms with Gasteiger partial charge in [-0.3, -0.25) is 0 Å². The van der Waals surface area contributed by atoms with Gasteiger partial charge in [0.1, 0.15) is 5.82 Å². The van der Waals surface area contributed by atoms with Gasteiger partial charge >= 0.3 is 0 Å². The lowest BCUT2D eigenvalue weighted by molar-refractivity contribution is 0.157. The molecule has 90 valence electrons. The molecular formula is C12H16N4O. The van der Waals surface area contributed by atoms with Crippen molar-refractivity contribution < 1.29 is 4.74 Å².